The van der Waals surface area contributed by atoms with Crippen LogP contribution in [0.15, 0.2) is 0 Å². The fourth-order valence-corrected chi connectivity index (χ4v) is 2.59. The van der Waals surface area contributed by atoms with Crippen LogP contribution >= 0.6 is 0 Å². The number of rotatable bonds is 6. The van der Waals surface area contributed by atoms with Crippen molar-refractivity contribution in [2.45, 2.75) is 12.8 Å². The Labute approximate surface area is 111 Å². The smallest absolute Gasteiger partial charge is 0.318 e. The minimum absolute atomic E-state index is 0.453. The number of carbonyl (C=O) groups excluding carboxylic acids is 1. The van der Waals surface area contributed by atoms with Gasteiger partial charge in [0.15, 0.2) is 11.8 Å². The lowest BCUT2D eigenvalue weighted by Crippen LogP contribution is -2.40. The zero-order valence-corrected chi connectivity index (χ0v) is 10.1. The third-order valence-electron chi connectivity index (χ3n) is 3.40. The van der Waals surface area contributed by atoms with Gasteiger partial charge in [-0.05, 0) is 11.8 Å². The van der Waals surface area contributed by atoms with Gasteiger partial charge in [0.05, 0.1) is 0 Å². The van der Waals surface area contributed by atoms with E-state index in [1.165, 1.54) is 0 Å². The topological polar surface area (TPSA) is 166 Å². The Bertz CT molecular complexity index is 410. The summed E-state index contributed by atoms with van der Waals surface area (Å²) in [5.41, 5.74) is 0. The normalized spacial score (nSPS) is 22.2. The number of carbonyl (C=O) groups is 5. The Balaban J connectivity index is 3.19. The van der Waals surface area contributed by atoms with Gasteiger partial charge in [-0.3, -0.25) is 24.0 Å². The minimum atomic E-state index is -2.01. The Morgan fingerprint density at radius 2 is 1.00 bits per heavy atom. The van der Waals surface area contributed by atoms with E-state index in [0.29, 0.717) is 0 Å². The molecule has 0 radical (unpaired) electrons. The lowest BCUT2D eigenvalue weighted by molar-refractivity contribution is -0.165. The molecule has 1 aliphatic carbocycles. The van der Waals surface area contributed by atoms with E-state index in [2.05, 4.69) is 0 Å². The standard InChI is InChI=1S/C11H12O9/c12-3-1-4(6(8(13)14)9(15)16)5(2-3)7(10(17)18)11(19)20/h4-7H,1-2H2,(H,13,14)(H,15,16)(H,17,18)(H,19,20). The average molecular weight is 288 g/mol. The van der Waals surface area contributed by atoms with Crippen molar-refractivity contribution in [1.82, 2.24) is 0 Å². The van der Waals surface area contributed by atoms with Crippen LogP contribution in [0.3, 0.4) is 0 Å². The highest BCUT2D eigenvalue weighted by Crippen LogP contribution is 2.40. The van der Waals surface area contributed by atoms with Gasteiger partial charge in [0.1, 0.15) is 5.78 Å². The Kier molecular flexibility index (Phi) is 4.43. The second-order valence-corrected chi connectivity index (χ2v) is 4.58. The summed E-state index contributed by atoms with van der Waals surface area (Å²) in [7, 11) is 0. The van der Waals surface area contributed by atoms with E-state index in [1.54, 1.807) is 0 Å². The van der Waals surface area contributed by atoms with Crippen molar-refractivity contribution in [1.29, 1.82) is 0 Å². The van der Waals surface area contributed by atoms with Crippen LogP contribution in [0.5, 0.6) is 0 Å². The molecule has 0 spiro atoms. The molecule has 0 aromatic carbocycles. The lowest BCUT2D eigenvalue weighted by Gasteiger charge is -2.24. The highest BCUT2D eigenvalue weighted by molar-refractivity contribution is 5.98. The monoisotopic (exact) mass is 288 g/mol. The van der Waals surface area contributed by atoms with Crippen molar-refractivity contribution in [3.63, 3.8) is 0 Å². The first-order valence-electron chi connectivity index (χ1n) is 5.59. The van der Waals surface area contributed by atoms with E-state index in [0.717, 1.165) is 0 Å². The molecule has 0 saturated heterocycles. The van der Waals surface area contributed by atoms with E-state index < -0.39 is 66.2 Å². The molecular weight excluding hydrogens is 276 g/mol. The number of Topliss-reactive ketones (excluding diaryl/α,β-unsaturated/α-hetero) is 1. The van der Waals surface area contributed by atoms with Crippen molar-refractivity contribution < 1.29 is 44.4 Å². The molecule has 0 aromatic rings. The van der Waals surface area contributed by atoms with Gasteiger partial charge in [-0.15, -0.1) is 0 Å². The molecule has 1 aliphatic rings. The molecule has 0 aromatic heterocycles. The Morgan fingerprint density at radius 1 is 0.750 bits per heavy atom. The predicted octanol–water partition coefficient (Wildman–Crippen LogP) is -0.848. The summed E-state index contributed by atoms with van der Waals surface area (Å²) in [5, 5.41) is 35.5. The van der Waals surface area contributed by atoms with Crippen LogP contribution in [-0.4, -0.2) is 50.1 Å². The molecule has 1 rings (SSSR count). The van der Waals surface area contributed by atoms with Gasteiger partial charge in [0, 0.05) is 12.8 Å². The first kappa shape index (κ1) is 15.6. The van der Waals surface area contributed by atoms with Crippen LogP contribution in [0, 0.1) is 23.7 Å². The van der Waals surface area contributed by atoms with Crippen LogP contribution in [0.2, 0.25) is 0 Å². The second kappa shape index (κ2) is 5.68. The summed E-state index contributed by atoms with van der Waals surface area (Å²) >= 11 is 0. The molecule has 2 unspecified atom stereocenters. The van der Waals surface area contributed by atoms with Gasteiger partial charge in [-0.25, -0.2) is 0 Å². The number of ketones is 1. The molecule has 0 bridgehead atoms. The van der Waals surface area contributed by atoms with Gasteiger partial charge in [0.2, 0.25) is 0 Å². The molecule has 0 amide bonds. The van der Waals surface area contributed by atoms with Crippen molar-refractivity contribution in [3.8, 4) is 0 Å². The van der Waals surface area contributed by atoms with Gasteiger partial charge in [-0.1, -0.05) is 0 Å². The van der Waals surface area contributed by atoms with E-state index in [9.17, 15) is 24.0 Å². The largest absolute Gasteiger partial charge is 0.481 e. The Morgan fingerprint density at radius 3 is 1.20 bits per heavy atom. The lowest BCUT2D eigenvalue weighted by atomic mass is 9.77. The molecule has 1 saturated carbocycles. The molecule has 110 valence electrons. The van der Waals surface area contributed by atoms with Crippen molar-refractivity contribution in [2.75, 3.05) is 0 Å². The zero-order chi connectivity index (χ0) is 15.6. The molecule has 20 heavy (non-hydrogen) atoms. The third kappa shape index (κ3) is 2.92. The highest BCUT2D eigenvalue weighted by atomic mass is 16.4. The summed E-state index contributed by atoms with van der Waals surface area (Å²) in [5.74, 6) is -14.2. The maximum Gasteiger partial charge on any atom is 0.318 e. The molecule has 0 aliphatic heterocycles. The van der Waals surface area contributed by atoms with E-state index in [1.807, 2.05) is 0 Å². The number of aliphatic carboxylic acids is 4. The first-order valence-corrected chi connectivity index (χ1v) is 5.59. The molecule has 2 atom stereocenters. The quantitative estimate of drug-likeness (QED) is 0.455. The summed E-state index contributed by atoms with van der Waals surface area (Å²) in [6, 6.07) is 0. The third-order valence-corrected chi connectivity index (χ3v) is 3.40. The van der Waals surface area contributed by atoms with Crippen molar-refractivity contribution >= 4 is 29.7 Å². The van der Waals surface area contributed by atoms with Crippen LogP contribution in [-0.2, 0) is 24.0 Å². The van der Waals surface area contributed by atoms with Crippen LogP contribution in [0.4, 0.5) is 0 Å². The predicted molar refractivity (Wildman–Crippen MR) is 58.7 cm³/mol. The van der Waals surface area contributed by atoms with Crippen molar-refractivity contribution in [2.24, 2.45) is 23.7 Å². The Hall–Kier alpha value is -2.45. The summed E-state index contributed by atoms with van der Waals surface area (Å²) in [6.07, 6.45) is -0.907. The highest BCUT2D eigenvalue weighted by Gasteiger charge is 2.51. The van der Waals surface area contributed by atoms with E-state index >= 15 is 0 Å². The second-order valence-electron chi connectivity index (χ2n) is 4.58. The molecule has 9 heteroatoms. The number of carboxylic acids is 4. The van der Waals surface area contributed by atoms with Gasteiger partial charge >= 0.3 is 23.9 Å². The van der Waals surface area contributed by atoms with E-state index in [4.69, 9.17) is 20.4 Å². The zero-order valence-electron chi connectivity index (χ0n) is 10.1. The van der Waals surface area contributed by atoms with E-state index in [-0.39, 0.29) is 0 Å². The first-order chi connectivity index (χ1) is 9.16. The minimum Gasteiger partial charge on any atom is -0.481 e. The number of carboxylic acid groups (broad SMARTS) is 4. The fourth-order valence-electron chi connectivity index (χ4n) is 2.59. The molecule has 4 N–H and O–H groups in total. The summed E-state index contributed by atoms with van der Waals surface area (Å²) in [6.45, 7) is 0. The SMILES string of the molecule is O=C1CC(C(C(=O)O)C(=O)O)C(C(C(=O)O)C(=O)O)C1. The summed E-state index contributed by atoms with van der Waals surface area (Å²) in [4.78, 5) is 55.2. The fraction of sp³-hybridized carbons (Fsp3) is 0.545. The number of hydrogen-bond acceptors (Lipinski definition) is 5. The number of hydrogen-bond donors (Lipinski definition) is 4. The molecule has 0 heterocycles. The maximum absolute atomic E-state index is 11.4. The van der Waals surface area contributed by atoms with Crippen LogP contribution in [0.25, 0.3) is 0 Å². The molecule has 9 nitrogen and oxygen atoms in total. The van der Waals surface area contributed by atoms with Gasteiger partial charge in [0.25, 0.3) is 0 Å². The summed E-state index contributed by atoms with van der Waals surface area (Å²) < 4.78 is 0. The maximum atomic E-state index is 11.4. The van der Waals surface area contributed by atoms with Crippen LogP contribution in [0.1, 0.15) is 12.8 Å². The van der Waals surface area contributed by atoms with Gasteiger partial charge < -0.3 is 20.4 Å². The van der Waals surface area contributed by atoms with Gasteiger partial charge in [-0.2, -0.15) is 0 Å². The molecular formula is C11H12O9. The average Bonchev–Trinajstić information content (AvgIpc) is 2.57. The van der Waals surface area contributed by atoms with Crippen molar-refractivity contribution in [3.05, 3.63) is 0 Å². The molecule has 1 fully saturated rings. The van der Waals surface area contributed by atoms with Crippen LogP contribution < -0.4 is 0 Å².